The molecule has 0 radical (unpaired) electrons. The Bertz CT molecular complexity index is 1120. The van der Waals surface area contributed by atoms with Crippen LogP contribution in [0.15, 0.2) is 28.0 Å². The second kappa shape index (κ2) is 10.1. The van der Waals surface area contributed by atoms with E-state index in [4.69, 9.17) is 26.7 Å². The zero-order valence-corrected chi connectivity index (χ0v) is 19.8. The van der Waals surface area contributed by atoms with Gasteiger partial charge in [-0.15, -0.1) is 0 Å². The predicted octanol–water partition coefficient (Wildman–Crippen LogP) is 2.83. The molecule has 1 amide bonds. The molecule has 0 spiro atoms. The number of thioether (sulfide) groups is 1. The Kier molecular flexibility index (Phi) is 7.24. The van der Waals surface area contributed by atoms with Gasteiger partial charge in [0.05, 0.1) is 23.1 Å². The lowest BCUT2D eigenvalue weighted by molar-refractivity contribution is -0.123. The molecule has 2 aromatic heterocycles. The van der Waals surface area contributed by atoms with Crippen molar-refractivity contribution in [2.75, 3.05) is 38.7 Å². The van der Waals surface area contributed by atoms with E-state index in [9.17, 15) is 9.59 Å². The quantitative estimate of drug-likeness (QED) is 0.355. The van der Waals surface area contributed by atoms with E-state index in [1.165, 1.54) is 16.2 Å². The van der Waals surface area contributed by atoms with E-state index in [1.54, 1.807) is 24.3 Å². The summed E-state index contributed by atoms with van der Waals surface area (Å²) < 4.78 is 12.8. The van der Waals surface area contributed by atoms with Gasteiger partial charge in [0, 0.05) is 33.1 Å². The van der Waals surface area contributed by atoms with Crippen molar-refractivity contribution in [1.29, 1.82) is 0 Å². The number of pyridine rings is 1. The molecule has 1 unspecified atom stereocenters. The molecule has 10 heteroatoms. The number of ether oxygens (including phenoxy) is 2. The molecule has 2 aromatic rings. The molecule has 1 atom stereocenters. The molecular weight excluding hydrogens is 448 g/mol. The molecule has 2 aliphatic rings. The van der Waals surface area contributed by atoms with Crippen molar-refractivity contribution >= 4 is 51.7 Å². The number of nitrogens with zero attached hydrogens (tertiary/aromatic N) is 3. The fourth-order valence-electron chi connectivity index (χ4n) is 3.78. The van der Waals surface area contributed by atoms with E-state index in [0.29, 0.717) is 52.6 Å². The minimum atomic E-state index is -0.239. The average molecular weight is 475 g/mol. The van der Waals surface area contributed by atoms with Crippen LogP contribution < -0.4 is 10.9 Å². The third kappa shape index (κ3) is 4.73. The third-order valence-electron chi connectivity index (χ3n) is 5.46. The number of aryl methyl sites for hydroxylation is 1. The summed E-state index contributed by atoms with van der Waals surface area (Å²) in [5.74, 6) is 0.249. The highest BCUT2D eigenvalue weighted by Gasteiger charge is 2.35. The van der Waals surface area contributed by atoms with Crippen LogP contribution in [0, 0.1) is 6.92 Å². The number of methoxy groups -OCH3 is 1. The molecule has 0 aromatic carbocycles. The maximum atomic E-state index is 13.4. The average Bonchev–Trinajstić information content (AvgIpc) is 3.38. The largest absolute Gasteiger partial charge is 0.385 e. The summed E-state index contributed by atoms with van der Waals surface area (Å²) in [4.78, 5) is 33.1. The monoisotopic (exact) mass is 474 g/mol. The number of nitrogens with one attached hydrogen (secondary N) is 1. The van der Waals surface area contributed by atoms with Crippen LogP contribution in [-0.4, -0.2) is 64.0 Å². The summed E-state index contributed by atoms with van der Waals surface area (Å²) in [6.45, 7) is 4.25. The number of hydrogen-bond donors (Lipinski definition) is 1. The Morgan fingerprint density at radius 2 is 2.28 bits per heavy atom. The first-order valence-corrected chi connectivity index (χ1v) is 11.8. The van der Waals surface area contributed by atoms with Crippen LogP contribution in [0.25, 0.3) is 11.7 Å². The fourth-order valence-corrected chi connectivity index (χ4v) is 5.04. The van der Waals surface area contributed by atoms with Crippen LogP contribution in [0.3, 0.4) is 0 Å². The topological polar surface area (TPSA) is 85.2 Å². The summed E-state index contributed by atoms with van der Waals surface area (Å²) in [6.07, 6.45) is 5.97. The van der Waals surface area contributed by atoms with E-state index in [2.05, 4.69) is 5.32 Å². The number of carbonyl (C=O) groups excluding carboxylic acids is 1. The Hall–Kier alpha value is -2.27. The van der Waals surface area contributed by atoms with Crippen LogP contribution in [-0.2, 0) is 14.3 Å². The SMILES string of the molecule is COCCCNc1nc2c(C)cccn2c(=O)c1/C=C1\SC(=S)N(CC2CCCO2)C1=O. The lowest BCUT2D eigenvalue weighted by atomic mass is 10.2. The number of fused-ring (bicyclic) bond motifs is 1. The first kappa shape index (κ1) is 22.9. The number of thiocarbonyl (C=S) groups is 1. The Morgan fingerprint density at radius 1 is 1.44 bits per heavy atom. The Morgan fingerprint density at radius 3 is 3.03 bits per heavy atom. The molecule has 0 saturated carbocycles. The standard InChI is InChI=1S/C22H26N4O4S2/c1-14-6-3-9-25-19(14)24-18(23-8-5-10-29-2)16(20(25)27)12-17-21(28)26(22(31)32-17)13-15-7-4-11-30-15/h3,6,9,12,15,23H,4-5,7-8,10-11,13H2,1-2H3/b17-12-. The van der Waals surface area contributed by atoms with Gasteiger partial charge in [0.2, 0.25) is 0 Å². The van der Waals surface area contributed by atoms with Crippen LogP contribution >= 0.6 is 24.0 Å². The fraction of sp³-hybridized carbons (Fsp3) is 0.455. The molecule has 0 bridgehead atoms. The van der Waals surface area contributed by atoms with Gasteiger partial charge >= 0.3 is 0 Å². The lowest BCUT2D eigenvalue weighted by Crippen LogP contribution is -2.35. The number of rotatable bonds is 8. The molecule has 8 nitrogen and oxygen atoms in total. The van der Waals surface area contributed by atoms with E-state index >= 15 is 0 Å². The van der Waals surface area contributed by atoms with Crippen LogP contribution in [0.5, 0.6) is 0 Å². The van der Waals surface area contributed by atoms with Crippen LogP contribution in [0.4, 0.5) is 5.82 Å². The number of carbonyl (C=O) groups is 1. The summed E-state index contributed by atoms with van der Waals surface area (Å²) in [5, 5.41) is 3.24. The van der Waals surface area contributed by atoms with Gasteiger partial charge in [0.1, 0.15) is 15.8 Å². The van der Waals surface area contributed by atoms with Gasteiger partial charge in [-0.3, -0.25) is 18.9 Å². The molecule has 2 aliphatic heterocycles. The Labute approximate surface area is 196 Å². The van der Waals surface area contributed by atoms with Gasteiger partial charge in [-0.2, -0.15) is 0 Å². The maximum Gasteiger partial charge on any atom is 0.267 e. The maximum absolute atomic E-state index is 13.4. The van der Waals surface area contributed by atoms with Crippen LogP contribution in [0.1, 0.15) is 30.4 Å². The number of aromatic nitrogens is 2. The highest BCUT2D eigenvalue weighted by atomic mass is 32.2. The first-order chi connectivity index (χ1) is 15.5. The van der Waals surface area contributed by atoms with Crippen molar-refractivity contribution in [3.05, 3.63) is 44.7 Å². The van der Waals surface area contributed by atoms with Gasteiger partial charge in [-0.25, -0.2) is 4.98 Å². The summed E-state index contributed by atoms with van der Waals surface area (Å²) in [6, 6.07) is 3.72. The molecule has 170 valence electrons. The molecule has 2 saturated heterocycles. The minimum absolute atomic E-state index is 0.00537. The number of anilines is 1. The number of amides is 1. The first-order valence-electron chi connectivity index (χ1n) is 10.6. The van der Waals surface area contributed by atoms with Crippen molar-refractivity contribution in [3.8, 4) is 0 Å². The second-order valence-electron chi connectivity index (χ2n) is 7.76. The van der Waals surface area contributed by atoms with Gasteiger partial charge in [-0.05, 0) is 43.9 Å². The minimum Gasteiger partial charge on any atom is -0.385 e. The predicted molar refractivity (Wildman–Crippen MR) is 130 cm³/mol. The molecule has 2 fully saturated rings. The smallest absolute Gasteiger partial charge is 0.267 e. The molecular formula is C22H26N4O4S2. The number of hydrogen-bond acceptors (Lipinski definition) is 8. The van der Waals surface area contributed by atoms with Crippen molar-refractivity contribution in [2.24, 2.45) is 0 Å². The summed E-state index contributed by atoms with van der Waals surface area (Å²) >= 11 is 6.66. The molecule has 0 aliphatic carbocycles. The third-order valence-corrected chi connectivity index (χ3v) is 6.84. The molecule has 1 N–H and O–H groups in total. The van der Waals surface area contributed by atoms with Crippen LogP contribution in [0.2, 0.25) is 0 Å². The Balaban J connectivity index is 1.69. The van der Waals surface area contributed by atoms with Crippen molar-refractivity contribution in [2.45, 2.75) is 32.3 Å². The van der Waals surface area contributed by atoms with Gasteiger partial charge in [-0.1, -0.05) is 30.0 Å². The van der Waals surface area contributed by atoms with E-state index in [1.807, 2.05) is 19.1 Å². The highest BCUT2D eigenvalue weighted by molar-refractivity contribution is 8.26. The zero-order chi connectivity index (χ0) is 22.7. The van der Waals surface area contributed by atoms with E-state index in [-0.39, 0.29) is 17.6 Å². The highest BCUT2D eigenvalue weighted by Crippen LogP contribution is 2.34. The van der Waals surface area contributed by atoms with Crippen molar-refractivity contribution in [1.82, 2.24) is 14.3 Å². The normalized spacial score (nSPS) is 20.1. The van der Waals surface area contributed by atoms with Gasteiger partial charge in [0.15, 0.2) is 0 Å². The van der Waals surface area contributed by atoms with Crippen molar-refractivity contribution < 1.29 is 14.3 Å². The van der Waals surface area contributed by atoms with Crippen molar-refractivity contribution in [3.63, 3.8) is 0 Å². The van der Waals surface area contributed by atoms with E-state index < -0.39 is 0 Å². The van der Waals surface area contributed by atoms with Gasteiger partial charge < -0.3 is 14.8 Å². The van der Waals surface area contributed by atoms with E-state index in [0.717, 1.165) is 24.8 Å². The summed E-state index contributed by atoms with van der Waals surface area (Å²) in [7, 11) is 1.65. The molecule has 4 heterocycles. The molecule has 32 heavy (non-hydrogen) atoms. The second-order valence-corrected chi connectivity index (χ2v) is 9.44. The van der Waals surface area contributed by atoms with Gasteiger partial charge in [0.25, 0.3) is 11.5 Å². The zero-order valence-electron chi connectivity index (χ0n) is 18.1. The lowest BCUT2D eigenvalue weighted by Gasteiger charge is -2.18. The molecule has 4 rings (SSSR count). The summed E-state index contributed by atoms with van der Waals surface area (Å²) in [5.41, 5.74) is 1.56.